The predicted octanol–water partition coefficient (Wildman–Crippen LogP) is 1.03. The molecule has 0 saturated heterocycles. The van der Waals surface area contributed by atoms with E-state index >= 15 is 0 Å². The zero-order valence-corrected chi connectivity index (χ0v) is 10.7. The number of aromatic nitrogens is 2. The van der Waals surface area contributed by atoms with Crippen molar-refractivity contribution in [3.05, 3.63) is 32.7 Å². The standard InChI is InChI=1S/C10H12N4OS2/c11-2-1-8-14-7(6-17-8)10(15)13-5-9-12-3-4-16-9/h3-4,6H,1-2,5,11H2,(H,13,15). The molecule has 90 valence electrons. The molecule has 2 aromatic rings. The fourth-order valence-electron chi connectivity index (χ4n) is 1.24. The van der Waals surface area contributed by atoms with E-state index in [0.29, 0.717) is 25.2 Å². The molecular formula is C10H12N4OS2. The molecule has 0 unspecified atom stereocenters. The van der Waals surface area contributed by atoms with Gasteiger partial charge in [0.1, 0.15) is 10.7 Å². The maximum atomic E-state index is 11.7. The van der Waals surface area contributed by atoms with Gasteiger partial charge in [0.15, 0.2) is 0 Å². The Morgan fingerprint density at radius 1 is 1.41 bits per heavy atom. The summed E-state index contributed by atoms with van der Waals surface area (Å²) in [7, 11) is 0. The molecule has 0 spiro atoms. The van der Waals surface area contributed by atoms with Crippen LogP contribution >= 0.6 is 22.7 Å². The smallest absolute Gasteiger partial charge is 0.271 e. The molecule has 3 N–H and O–H groups in total. The number of nitrogens with zero attached hydrogens (tertiary/aromatic N) is 2. The van der Waals surface area contributed by atoms with Crippen molar-refractivity contribution in [1.29, 1.82) is 0 Å². The Bertz CT molecular complexity index is 480. The van der Waals surface area contributed by atoms with Gasteiger partial charge >= 0.3 is 0 Å². The van der Waals surface area contributed by atoms with E-state index in [9.17, 15) is 4.79 Å². The molecule has 0 aromatic carbocycles. The molecule has 5 nitrogen and oxygen atoms in total. The zero-order valence-electron chi connectivity index (χ0n) is 9.05. The quantitative estimate of drug-likeness (QED) is 0.848. The van der Waals surface area contributed by atoms with Crippen LogP contribution in [0.15, 0.2) is 17.0 Å². The van der Waals surface area contributed by atoms with Gasteiger partial charge in [0.2, 0.25) is 0 Å². The maximum Gasteiger partial charge on any atom is 0.271 e. The first kappa shape index (κ1) is 12.2. The summed E-state index contributed by atoms with van der Waals surface area (Å²) in [5, 5.41) is 8.19. The van der Waals surface area contributed by atoms with E-state index in [1.807, 2.05) is 5.38 Å². The molecule has 2 heterocycles. The Morgan fingerprint density at radius 3 is 3.00 bits per heavy atom. The minimum Gasteiger partial charge on any atom is -0.344 e. The normalized spacial score (nSPS) is 10.4. The highest BCUT2D eigenvalue weighted by Gasteiger charge is 2.10. The number of amides is 1. The molecule has 0 bridgehead atoms. The van der Waals surface area contributed by atoms with E-state index in [0.717, 1.165) is 10.0 Å². The number of carbonyl (C=O) groups excluding carboxylic acids is 1. The van der Waals surface area contributed by atoms with Gasteiger partial charge < -0.3 is 11.1 Å². The number of nitrogens with one attached hydrogen (secondary N) is 1. The molecule has 2 aromatic heterocycles. The fraction of sp³-hybridized carbons (Fsp3) is 0.300. The second-order valence-electron chi connectivity index (χ2n) is 3.27. The van der Waals surface area contributed by atoms with Crippen molar-refractivity contribution >= 4 is 28.6 Å². The summed E-state index contributed by atoms with van der Waals surface area (Å²) in [5.74, 6) is -0.167. The molecule has 0 aliphatic rings. The summed E-state index contributed by atoms with van der Waals surface area (Å²) >= 11 is 2.97. The highest BCUT2D eigenvalue weighted by Crippen LogP contribution is 2.10. The Hall–Kier alpha value is -1.31. The van der Waals surface area contributed by atoms with Gasteiger partial charge in [0, 0.05) is 23.4 Å². The van der Waals surface area contributed by atoms with Crippen LogP contribution in [0.2, 0.25) is 0 Å². The molecule has 1 amide bonds. The second-order valence-corrected chi connectivity index (χ2v) is 5.20. The molecular weight excluding hydrogens is 256 g/mol. The van der Waals surface area contributed by atoms with Gasteiger partial charge in [0.25, 0.3) is 5.91 Å². The van der Waals surface area contributed by atoms with Crippen LogP contribution in [-0.2, 0) is 13.0 Å². The number of nitrogens with two attached hydrogens (primary N) is 1. The summed E-state index contributed by atoms with van der Waals surface area (Å²) in [6.07, 6.45) is 2.43. The van der Waals surface area contributed by atoms with Gasteiger partial charge in [-0.15, -0.1) is 22.7 Å². The van der Waals surface area contributed by atoms with Crippen molar-refractivity contribution in [2.24, 2.45) is 5.73 Å². The van der Waals surface area contributed by atoms with Crippen LogP contribution in [0, 0.1) is 0 Å². The van der Waals surface area contributed by atoms with Gasteiger partial charge in [0.05, 0.1) is 11.6 Å². The summed E-state index contributed by atoms with van der Waals surface area (Å²) in [6, 6.07) is 0. The first-order valence-electron chi connectivity index (χ1n) is 5.10. The van der Waals surface area contributed by atoms with Crippen molar-refractivity contribution in [3.8, 4) is 0 Å². The van der Waals surface area contributed by atoms with Crippen molar-refractivity contribution in [1.82, 2.24) is 15.3 Å². The minimum atomic E-state index is -0.167. The highest BCUT2D eigenvalue weighted by atomic mass is 32.1. The van der Waals surface area contributed by atoms with Gasteiger partial charge in [-0.2, -0.15) is 0 Å². The number of rotatable bonds is 5. The minimum absolute atomic E-state index is 0.167. The average molecular weight is 268 g/mol. The lowest BCUT2D eigenvalue weighted by Gasteiger charge is -1.99. The molecule has 0 radical (unpaired) electrons. The van der Waals surface area contributed by atoms with Crippen LogP contribution in [0.25, 0.3) is 0 Å². The Morgan fingerprint density at radius 2 is 2.29 bits per heavy atom. The lowest BCUT2D eigenvalue weighted by molar-refractivity contribution is 0.0946. The number of thiazole rings is 2. The summed E-state index contributed by atoms with van der Waals surface area (Å²) < 4.78 is 0. The molecule has 0 aliphatic heterocycles. The monoisotopic (exact) mass is 268 g/mol. The number of carbonyl (C=O) groups is 1. The van der Waals surface area contributed by atoms with Crippen LogP contribution in [0.3, 0.4) is 0 Å². The van der Waals surface area contributed by atoms with E-state index in [-0.39, 0.29) is 5.91 Å². The summed E-state index contributed by atoms with van der Waals surface area (Å²) in [6.45, 7) is 0.994. The zero-order chi connectivity index (χ0) is 12.1. The van der Waals surface area contributed by atoms with Gasteiger partial charge in [-0.3, -0.25) is 4.79 Å². The molecule has 0 atom stereocenters. The van der Waals surface area contributed by atoms with Gasteiger partial charge in [-0.05, 0) is 6.54 Å². The van der Waals surface area contributed by atoms with E-state index in [1.54, 1.807) is 11.6 Å². The third-order valence-corrected chi connectivity index (χ3v) is 3.71. The van der Waals surface area contributed by atoms with Crippen LogP contribution in [0.5, 0.6) is 0 Å². The molecule has 7 heteroatoms. The number of hydrogen-bond acceptors (Lipinski definition) is 6. The largest absolute Gasteiger partial charge is 0.344 e. The topological polar surface area (TPSA) is 80.9 Å². The molecule has 2 rings (SSSR count). The first-order chi connectivity index (χ1) is 8.29. The Kier molecular flexibility index (Phi) is 4.18. The van der Waals surface area contributed by atoms with E-state index in [1.165, 1.54) is 22.7 Å². The lowest BCUT2D eigenvalue weighted by atomic mass is 10.4. The van der Waals surface area contributed by atoms with Crippen molar-refractivity contribution in [3.63, 3.8) is 0 Å². The lowest BCUT2D eigenvalue weighted by Crippen LogP contribution is -2.23. The third-order valence-electron chi connectivity index (χ3n) is 2.03. The summed E-state index contributed by atoms with van der Waals surface area (Å²) in [5.41, 5.74) is 5.88. The Labute approximate surface area is 107 Å². The average Bonchev–Trinajstić information content (AvgIpc) is 2.97. The number of hydrogen-bond donors (Lipinski definition) is 2. The second kappa shape index (κ2) is 5.85. The van der Waals surface area contributed by atoms with Crippen LogP contribution < -0.4 is 11.1 Å². The molecule has 0 fully saturated rings. The van der Waals surface area contributed by atoms with E-state index in [4.69, 9.17) is 5.73 Å². The van der Waals surface area contributed by atoms with E-state index in [2.05, 4.69) is 15.3 Å². The third kappa shape index (κ3) is 3.32. The predicted molar refractivity (Wildman–Crippen MR) is 68.2 cm³/mol. The van der Waals surface area contributed by atoms with Crippen molar-refractivity contribution in [2.75, 3.05) is 6.54 Å². The van der Waals surface area contributed by atoms with Crippen LogP contribution in [-0.4, -0.2) is 22.4 Å². The van der Waals surface area contributed by atoms with Gasteiger partial charge in [-0.1, -0.05) is 0 Å². The van der Waals surface area contributed by atoms with Crippen molar-refractivity contribution < 1.29 is 4.79 Å². The van der Waals surface area contributed by atoms with Crippen molar-refractivity contribution in [2.45, 2.75) is 13.0 Å². The molecule has 0 aliphatic carbocycles. The van der Waals surface area contributed by atoms with E-state index < -0.39 is 0 Å². The molecule has 17 heavy (non-hydrogen) atoms. The fourth-order valence-corrected chi connectivity index (χ4v) is 2.59. The Balaban J connectivity index is 1.90. The van der Waals surface area contributed by atoms with Crippen LogP contribution in [0.1, 0.15) is 20.5 Å². The maximum absolute atomic E-state index is 11.7. The van der Waals surface area contributed by atoms with Gasteiger partial charge in [-0.25, -0.2) is 9.97 Å². The summed E-state index contributed by atoms with van der Waals surface area (Å²) in [4.78, 5) is 20.0. The highest BCUT2D eigenvalue weighted by molar-refractivity contribution is 7.10. The SMILES string of the molecule is NCCc1nc(C(=O)NCc2nccs2)cs1. The first-order valence-corrected chi connectivity index (χ1v) is 6.86. The van der Waals surface area contributed by atoms with Crippen LogP contribution in [0.4, 0.5) is 0 Å². The molecule has 0 saturated carbocycles.